The van der Waals surface area contributed by atoms with Crippen LogP contribution in [0, 0.1) is 26.2 Å². The SMILES string of the molecule is C#CCCCC(NCC)c1cc(C)c(Br)c(C)c1. The lowest BCUT2D eigenvalue weighted by Crippen LogP contribution is -2.21. The largest absolute Gasteiger partial charge is 0.310 e. The van der Waals surface area contributed by atoms with E-state index in [-0.39, 0.29) is 0 Å². The summed E-state index contributed by atoms with van der Waals surface area (Å²) in [5.74, 6) is 2.71. The summed E-state index contributed by atoms with van der Waals surface area (Å²) in [5.41, 5.74) is 3.96. The number of rotatable bonds is 6. The normalized spacial score (nSPS) is 12.2. The minimum atomic E-state index is 0.411. The van der Waals surface area contributed by atoms with Crippen molar-refractivity contribution in [1.82, 2.24) is 5.32 Å². The second-order valence-electron chi connectivity index (χ2n) is 4.68. The van der Waals surface area contributed by atoms with Crippen LogP contribution in [0.3, 0.4) is 0 Å². The molecule has 1 aromatic carbocycles. The summed E-state index contributed by atoms with van der Waals surface area (Å²) in [5, 5.41) is 3.55. The summed E-state index contributed by atoms with van der Waals surface area (Å²) >= 11 is 3.62. The van der Waals surface area contributed by atoms with Crippen molar-refractivity contribution in [2.75, 3.05) is 6.54 Å². The zero-order valence-electron chi connectivity index (χ0n) is 11.5. The lowest BCUT2D eigenvalue weighted by atomic mass is 9.97. The number of aryl methyl sites for hydroxylation is 2. The van der Waals surface area contributed by atoms with E-state index < -0.39 is 0 Å². The Morgan fingerprint density at radius 3 is 2.44 bits per heavy atom. The average Bonchev–Trinajstić information content (AvgIpc) is 2.34. The van der Waals surface area contributed by atoms with Gasteiger partial charge in [0.05, 0.1) is 0 Å². The molecular formula is C16H22BrN. The van der Waals surface area contributed by atoms with E-state index in [1.54, 1.807) is 0 Å². The molecule has 0 radical (unpaired) electrons. The fourth-order valence-corrected chi connectivity index (χ4v) is 2.45. The second-order valence-corrected chi connectivity index (χ2v) is 5.47. The van der Waals surface area contributed by atoms with Crippen LogP contribution in [0.25, 0.3) is 0 Å². The number of hydrogen-bond acceptors (Lipinski definition) is 1. The molecule has 0 aromatic heterocycles. The molecule has 0 fully saturated rings. The Labute approximate surface area is 119 Å². The highest BCUT2D eigenvalue weighted by Crippen LogP contribution is 2.27. The van der Waals surface area contributed by atoms with Crippen molar-refractivity contribution in [3.05, 3.63) is 33.3 Å². The Hall–Kier alpha value is -0.780. The van der Waals surface area contributed by atoms with Gasteiger partial charge >= 0.3 is 0 Å². The van der Waals surface area contributed by atoms with Gasteiger partial charge in [-0.2, -0.15) is 0 Å². The van der Waals surface area contributed by atoms with E-state index >= 15 is 0 Å². The summed E-state index contributed by atoms with van der Waals surface area (Å²) in [6.45, 7) is 7.41. The highest BCUT2D eigenvalue weighted by atomic mass is 79.9. The number of unbranched alkanes of at least 4 members (excludes halogenated alkanes) is 1. The van der Waals surface area contributed by atoms with E-state index in [1.165, 1.54) is 21.2 Å². The van der Waals surface area contributed by atoms with Crippen molar-refractivity contribution in [3.8, 4) is 12.3 Å². The molecule has 1 nitrogen and oxygen atoms in total. The number of terminal acetylenes is 1. The molecule has 18 heavy (non-hydrogen) atoms. The minimum absolute atomic E-state index is 0.411. The number of benzene rings is 1. The maximum absolute atomic E-state index is 5.32. The van der Waals surface area contributed by atoms with Crippen LogP contribution in [0.4, 0.5) is 0 Å². The first kappa shape index (κ1) is 15.3. The smallest absolute Gasteiger partial charge is 0.0320 e. The van der Waals surface area contributed by atoms with E-state index in [2.05, 4.69) is 60.1 Å². The number of halogens is 1. The van der Waals surface area contributed by atoms with Gasteiger partial charge in [-0.15, -0.1) is 12.3 Å². The van der Waals surface area contributed by atoms with Crippen molar-refractivity contribution >= 4 is 15.9 Å². The van der Waals surface area contributed by atoms with E-state index in [0.717, 1.165) is 25.8 Å². The van der Waals surface area contributed by atoms with Gasteiger partial charge in [-0.3, -0.25) is 0 Å². The summed E-state index contributed by atoms with van der Waals surface area (Å²) in [6, 6.07) is 4.94. The van der Waals surface area contributed by atoms with E-state index in [1.807, 2.05) is 0 Å². The van der Waals surface area contributed by atoms with Crippen molar-refractivity contribution < 1.29 is 0 Å². The van der Waals surface area contributed by atoms with E-state index in [4.69, 9.17) is 6.42 Å². The summed E-state index contributed by atoms with van der Waals surface area (Å²) in [4.78, 5) is 0. The fourth-order valence-electron chi connectivity index (χ4n) is 2.22. The van der Waals surface area contributed by atoms with E-state index in [0.29, 0.717) is 6.04 Å². The Balaban J connectivity index is 2.88. The second kappa shape index (κ2) is 7.61. The molecule has 1 aromatic rings. The Morgan fingerprint density at radius 2 is 1.94 bits per heavy atom. The summed E-state index contributed by atoms with van der Waals surface area (Å²) in [7, 11) is 0. The molecule has 1 rings (SSSR count). The summed E-state index contributed by atoms with van der Waals surface area (Å²) in [6.07, 6.45) is 8.34. The highest BCUT2D eigenvalue weighted by Gasteiger charge is 2.12. The van der Waals surface area contributed by atoms with Crippen LogP contribution in [0.1, 0.15) is 48.9 Å². The third-order valence-corrected chi connectivity index (χ3v) is 4.38. The summed E-state index contributed by atoms with van der Waals surface area (Å²) < 4.78 is 1.21. The first-order valence-corrected chi connectivity index (χ1v) is 7.33. The Bertz CT molecular complexity index is 408. The van der Waals surface area contributed by atoms with Gasteiger partial charge in [-0.1, -0.05) is 35.0 Å². The van der Waals surface area contributed by atoms with Crippen LogP contribution >= 0.6 is 15.9 Å². The first-order chi connectivity index (χ1) is 8.60. The molecule has 0 amide bonds. The van der Waals surface area contributed by atoms with Crippen molar-refractivity contribution in [1.29, 1.82) is 0 Å². The monoisotopic (exact) mass is 307 g/mol. The van der Waals surface area contributed by atoms with Gasteiger partial charge in [0.1, 0.15) is 0 Å². The molecule has 0 spiro atoms. The standard InChI is InChI=1S/C16H22BrN/c1-5-7-8-9-15(18-6-2)14-10-12(3)16(17)13(4)11-14/h1,10-11,15,18H,6-9H2,2-4H3. The van der Waals surface area contributed by atoms with Crippen LogP contribution in [0.5, 0.6) is 0 Å². The molecule has 1 N–H and O–H groups in total. The van der Waals surface area contributed by atoms with E-state index in [9.17, 15) is 0 Å². The Morgan fingerprint density at radius 1 is 1.33 bits per heavy atom. The third kappa shape index (κ3) is 4.15. The quantitative estimate of drug-likeness (QED) is 0.602. The van der Waals surface area contributed by atoms with Crippen LogP contribution in [0.15, 0.2) is 16.6 Å². The van der Waals surface area contributed by atoms with Gasteiger partial charge in [-0.05, 0) is 49.9 Å². The molecule has 0 bridgehead atoms. The molecule has 98 valence electrons. The maximum atomic E-state index is 5.32. The highest BCUT2D eigenvalue weighted by molar-refractivity contribution is 9.10. The topological polar surface area (TPSA) is 12.0 Å². The Kier molecular flexibility index (Phi) is 6.46. The predicted octanol–water partition coefficient (Wildman–Crippen LogP) is 4.52. The molecule has 0 aliphatic carbocycles. The molecule has 1 atom stereocenters. The molecule has 1 unspecified atom stereocenters. The molecule has 0 aliphatic rings. The van der Waals surface area contributed by atoms with Crippen molar-refractivity contribution in [2.45, 2.75) is 46.1 Å². The fraction of sp³-hybridized carbons (Fsp3) is 0.500. The first-order valence-electron chi connectivity index (χ1n) is 6.53. The molecule has 0 saturated heterocycles. The predicted molar refractivity (Wildman–Crippen MR) is 82.7 cm³/mol. The van der Waals surface area contributed by atoms with Gasteiger partial charge in [0.2, 0.25) is 0 Å². The van der Waals surface area contributed by atoms with Gasteiger partial charge in [0.15, 0.2) is 0 Å². The third-order valence-electron chi connectivity index (χ3n) is 3.13. The lowest BCUT2D eigenvalue weighted by molar-refractivity contribution is 0.501. The maximum Gasteiger partial charge on any atom is 0.0320 e. The zero-order valence-corrected chi connectivity index (χ0v) is 13.1. The van der Waals surface area contributed by atoms with Crippen LogP contribution in [-0.2, 0) is 0 Å². The molecular weight excluding hydrogens is 286 g/mol. The van der Waals surface area contributed by atoms with Gasteiger partial charge in [0, 0.05) is 16.9 Å². The lowest BCUT2D eigenvalue weighted by Gasteiger charge is -2.20. The van der Waals surface area contributed by atoms with Crippen LogP contribution in [-0.4, -0.2) is 6.54 Å². The zero-order chi connectivity index (χ0) is 13.5. The minimum Gasteiger partial charge on any atom is -0.310 e. The van der Waals surface area contributed by atoms with Crippen LogP contribution in [0.2, 0.25) is 0 Å². The van der Waals surface area contributed by atoms with Gasteiger partial charge < -0.3 is 5.32 Å². The molecule has 0 heterocycles. The van der Waals surface area contributed by atoms with Gasteiger partial charge in [0.25, 0.3) is 0 Å². The molecule has 0 saturated carbocycles. The number of hydrogen-bond donors (Lipinski definition) is 1. The average molecular weight is 308 g/mol. The van der Waals surface area contributed by atoms with Crippen LogP contribution < -0.4 is 5.32 Å². The van der Waals surface area contributed by atoms with Gasteiger partial charge in [-0.25, -0.2) is 0 Å². The molecule has 0 aliphatic heterocycles. The number of nitrogens with one attached hydrogen (secondary N) is 1. The van der Waals surface area contributed by atoms with Crippen molar-refractivity contribution in [2.24, 2.45) is 0 Å². The van der Waals surface area contributed by atoms with Crippen molar-refractivity contribution in [3.63, 3.8) is 0 Å². The molecule has 2 heteroatoms.